The van der Waals surface area contributed by atoms with Crippen LogP contribution < -0.4 is 16.8 Å². The summed E-state index contributed by atoms with van der Waals surface area (Å²) in [5.41, 5.74) is 10.2. The first-order chi connectivity index (χ1) is 7.61. The maximum atomic E-state index is 11.5. The highest BCUT2D eigenvalue weighted by atomic mass is 32.1. The van der Waals surface area contributed by atoms with Gasteiger partial charge in [0.15, 0.2) is 0 Å². The van der Waals surface area contributed by atoms with E-state index in [1.165, 1.54) is 0 Å². The minimum Gasteiger partial charge on any atom is -0.382 e. The third kappa shape index (κ3) is 4.68. The number of carbonyl (C=O) groups excluding carboxylic acids is 2. The van der Waals surface area contributed by atoms with Gasteiger partial charge in [0.05, 0.1) is 10.9 Å². The number of nitrogens with two attached hydrogens (primary N) is 2. The van der Waals surface area contributed by atoms with Gasteiger partial charge >= 0.3 is 0 Å². The summed E-state index contributed by atoms with van der Waals surface area (Å²) < 4.78 is 0. The molecule has 0 aromatic carbocycles. The molecule has 0 fully saturated rings. The van der Waals surface area contributed by atoms with Gasteiger partial charge in [-0.05, 0) is 5.41 Å². The van der Waals surface area contributed by atoms with Crippen molar-refractivity contribution in [3.63, 3.8) is 0 Å². The van der Waals surface area contributed by atoms with E-state index >= 15 is 0 Å². The first kappa shape index (κ1) is 15.8. The normalized spacial score (nSPS) is 14.8. The predicted molar refractivity (Wildman–Crippen MR) is 71.1 cm³/mol. The monoisotopic (exact) mass is 259 g/mol. The van der Waals surface area contributed by atoms with E-state index < -0.39 is 17.7 Å². The molecule has 0 saturated heterocycles. The number of hydrogen-bond acceptors (Lipinski definition) is 3. The molecule has 2 atom stereocenters. The van der Waals surface area contributed by atoms with Crippen molar-refractivity contribution in [1.29, 1.82) is 0 Å². The zero-order valence-corrected chi connectivity index (χ0v) is 11.6. The first-order valence-corrected chi connectivity index (χ1v) is 5.81. The van der Waals surface area contributed by atoms with E-state index in [9.17, 15) is 9.59 Å². The molecule has 0 radical (unpaired) electrons. The Balaban J connectivity index is 5.30. The van der Waals surface area contributed by atoms with Crippen LogP contribution in [0.4, 0.5) is 0 Å². The minimum absolute atomic E-state index is 0.0842. The number of amides is 2. The summed E-state index contributed by atoms with van der Waals surface area (Å²) in [6, 6.07) is 0. The molecular formula is C11H21N3O2S. The van der Waals surface area contributed by atoms with E-state index in [0.29, 0.717) is 4.99 Å². The second kappa shape index (κ2) is 5.95. The standard InChI is InChI=1S/C11H21N3O2S/c1-11(2,3)8(10(17)14-4)6(9(13)16)5-7(12)15/h6,8H,5H2,1-4H3,(H2,12,15)(H2,13,16)(H,14,17). The van der Waals surface area contributed by atoms with E-state index in [0.717, 1.165) is 0 Å². The molecule has 2 amide bonds. The van der Waals surface area contributed by atoms with Crippen molar-refractivity contribution < 1.29 is 9.59 Å². The van der Waals surface area contributed by atoms with Gasteiger partial charge in [-0.3, -0.25) is 9.59 Å². The topological polar surface area (TPSA) is 98.2 Å². The molecule has 5 nitrogen and oxygen atoms in total. The summed E-state index contributed by atoms with van der Waals surface area (Å²) in [5, 5.41) is 2.85. The average Bonchev–Trinajstić information content (AvgIpc) is 2.13. The molecule has 17 heavy (non-hydrogen) atoms. The molecule has 98 valence electrons. The van der Waals surface area contributed by atoms with Crippen LogP contribution in [0.1, 0.15) is 27.2 Å². The van der Waals surface area contributed by atoms with Gasteiger partial charge in [0.2, 0.25) is 11.8 Å². The van der Waals surface area contributed by atoms with Gasteiger partial charge in [0.25, 0.3) is 0 Å². The van der Waals surface area contributed by atoms with Gasteiger partial charge in [-0.2, -0.15) is 0 Å². The number of rotatable bonds is 5. The molecule has 0 aliphatic rings. The van der Waals surface area contributed by atoms with Crippen molar-refractivity contribution in [3.8, 4) is 0 Å². The van der Waals surface area contributed by atoms with Crippen LogP contribution in [-0.4, -0.2) is 23.9 Å². The van der Waals surface area contributed by atoms with Crippen LogP contribution >= 0.6 is 12.2 Å². The summed E-state index contributed by atoms with van der Waals surface area (Å²) in [7, 11) is 1.68. The maximum absolute atomic E-state index is 11.5. The molecule has 0 rings (SSSR count). The lowest BCUT2D eigenvalue weighted by Crippen LogP contribution is -2.46. The van der Waals surface area contributed by atoms with Gasteiger partial charge in [-0.25, -0.2) is 0 Å². The molecule has 6 heteroatoms. The Morgan fingerprint density at radius 2 is 1.76 bits per heavy atom. The fourth-order valence-corrected chi connectivity index (χ4v) is 2.45. The van der Waals surface area contributed by atoms with Crippen LogP contribution in [-0.2, 0) is 9.59 Å². The number of primary amides is 2. The Hall–Kier alpha value is -1.17. The zero-order valence-electron chi connectivity index (χ0n) is 10.7. The van der Waals surface area contributed by atoms with E-state index in [2.05, 4.69) is 5.32 Å². The maximum Gasteiger partial charge on any atom is 0.221 e. The van der Waals surface area contributed by atoms with Crippen molar-refractivity contribution in [2.24, 2.45) is 28.7 Å². The summed E-state index contributed by atoms with van der Waals surface area (Å²) >= 11 is 5.20. The number of thiocarbonyl (C=S) groups is 1. The predicted octanol–water partition coefficient (Wildman–Crippen LogP) is 0.172. The third-order valence-corrected chi connectivity index (χ3v) is 3.11. The molecule has 0 aliphatic carbocycles. The Morgan fingerprint density at radius 1 is 1.29 bits per heavy atom. The van der Waals surface area contributed by atoms with Crippen molar-refractivity contribution >= 4 is 29.0 Å². The van der Waals surface area contributed by atoms with Gasteiger partial charge < -0.3 is 16.8 Å². The van der Waals surface area contributed by atoms with Crippen molar-refractivity contribution in [1.82, 2.24) is 5.32 Å². The smallest absolute Gasteiger partial charge is 0.221 e. The van der Waals surface area contributed by atoms with Gasteiger partial charge in [0.1, 0.15) is 0 Å². The number of nitrogens with one attached hydrogen (secondary N) is 1. The molecule has 0 aromatic rings. The molecule has 0 spiro atoms. The zero-order chi connectivity index (χ0) is 13.8. The molecular weight excluding hydrogens is 238 g/mol. The van der Waals surface area contributed by atoms with E-state index in [1.807, 2.05) is 20.8 Å². The fraction of sp³-hybridized carbons (Fsp3) is 0.727. The van der Waals surface area contributed by atoms with Crippen molar-refractivity contribution in [2.45, 2.75) is 27.2 Å². The highest BCUT2D eigenvalue weighted by Crippen LogP contribution is 2.34. The van der Waals surface area contributed by atoms with Gasteiger partial charge in [-0.1, -0.05) is 33.0 Å². The van der Waals surface area contributed by atoms with Gasteiger partial charge in [-0.15, -0.1) is 0 Å². The summed E-state index contributed by atoms with van der Waals surface area (Å²) in [5.74, 6) is -2.09. The highest BCUT2D eigenvalue weighted by Gasteiger charge is 2.38. The van der Waals surface area contributed by atoms with Crippen LogP contribution in [0.25, 0.3) is 0 Å². The first-order valence-electron chi connectivity index (χ1n) is 5.40. The van der Waals surface area contributed by atoms with Crippen LogP contribution in [0, 0.1) is 17.3 Å². The molecule has 0 aliphatic heterocycles. The van der Waals surface area contributed by atoms with Crippen LogP contribution in [0.15, 0.2) is 0 Å². The SMILES string of the molecule is CNC(=S)C(C(CC(N)=O)C(N)=O)C(C)(C)C. The fourth-order valence-electron chi connectivity index (χ4n) is 1.93. The Bertz CT molecular complexity index is 323. The van der Waals surface area contributed by atoms with E-state index in [1.54, 1.807) is 7.05 Å². The van der Waals surface area contributed by atoms with Gasteiger partial charge in [0, 0.05) is 19.4 Å². The lowest BCUT2D eigenvalue weighted by Gasteiger charge is -2.35. The second-order valence-corrected chi connectivity index (χ2v) is 5.58. The molecule has 2 unspecified atom stereocenters. The van der Waals surface area contributed by atoms with E-state index in [4.69, 9.17) is 23.7 Å². The van der Waals surface area contributed by atoms with Crippen LogP contribution in [0.2, 0.25) is 0 Å². The Morgan fingerprint density at radius 3 is 2.00 bits per heavy atom. The van der Waals surface area contributed by atoms with Crippen LogP contribution in [0.5, 0.6) is 0 Å². The molecule has 0 bridgehead atoms. The van der Waals surface area contributed by atoms with Crippen LogP contribution in [0.3, 0.4) is 0 Å². The molecule has 0 aromatic heterocycles. The Kier molecular flexibility index (Phi) is 5.54. The number of carbonyl (C=O) groups is 2. The lowest BCUT2D eigenvalue weighted by molar-refractivity contribution is -0.129. The quantitative estimate of drug-likeness (QED) is 0.613. The highest BCUT2D eigenvalue weighted by molar-refractivity contribution is 7.80. The largest absolute Gasteiger partial charge is 0.382 e. The summed E-state index contributed by atoms with van der Waals surface area (Å²) in [6.07, 6.45) is -0.0842. The lowest BCUT2D eigenvalue weighted by atomic mass is 9.71. The number of hydrogen-bond donors (Lipinski definition) is 3. The minimum atomic E-state index is -0.674. The van der Waals surface area contributed by atoms with E-state index in [-0.39, 0.29) is 17.8 Å². The molecule has 5 N–H and O–H groups in total. The summed E-state index contributed by atoms with van der Waals surface area (Å²) in [4.78, 5) is 23.0. The van der Waals surface area contributed by atoms with Crippen molar-refractivity contribution in [3.05, 3.63) is 0 Å². The second-order valence-electron chi connectivity index (χ2n) is 5.14. The molecule has 0 saturated carbocycles. The summed E-state index contributed by atoms with van der Waals surface area (Å²) in [6.45, 7) is 5.83. The average molecular weight is 259 g/mol. The molecule has 0 heterocycles. The van der Waals surface area contributed by atoms with Crippen molar-refractivity contribution in [2.75, 3.05) is 7.05 Å². The third-order valence-electron chi connectivity index (χ3n) is 2.65. The Labute approximate surface area is 107 Å².